The third kappa shape index (κ3) is 4.95. The molecule has 154 valence electrons. The molecule has 2 aliphatic heterocycles. The number of anilines is 1. The van der Waals surface area contributed by atoms with Crippen LogP contribution in [0.15, 0.2) is 48.8 Å². The molecule has 1 aromatic carbocycles. The average molecular weight is 394 g/mol. The number of pyridine rings is 1. The Morgan fingerprint density at radius 3 is 2.59 bits per heavy atom. The fourth-order valence-electron chi connectivity index (χ4n) is 4.45. The number of amides is 2. The standard InChI is InChI=1S/C23H31N5O/c1-2-27(17-20-9-11-24-12-10-20)22-4-3-14-26(18-22)16-19-5-7-21(8-6-19)28-15-13-25-23(28)29/h5-12,22H,2-4,13-18H2,1H3,(H,25,29). The van der Waals surface area contributed by atoms with E-state index in [9.17, 15) is 4.79 Å². The lowest BCUT2D eigenvalue weighted by atomic mass is 10.0. The van der Waals surface area contributed by atoms with Crippen molar-refractivity contribution in [2.24, 2.45) is 0 Å². The summed E-state index contributed by atoms with van der Waals surface area (Å²) in [6, 6.07) is 13.3. The Morgan fingerprint density at radius 2 is 1.90 bits per heavy atom. The molecule has 1 aromatic heterocycles. The van der Waals surface area contributed by atoms with Crippen LogP contribution in [0.2, 0.25) is 0 Å². The smallest absolute Gasteiger partial charge is 0.321 e. The van der Waals surface area contributed by atoms with Gasteiger partial charge in [-0.3, -0.25) is 19.7 Å². The van der Waals surface area contributed by atoms with Gasteiger partial charge in [0.15, 0.2) is 0 Å². The summed E-state index contributed by atoms with van der Waals surface area (Å²) in [4.78, 5) is 22.9. The second-order valence-corrected chi connectivity index (χ2v) is 8.00. The molecule has 0 saturated carbocycles. The number of urea groups is 1. The first-order valence-electron chi connectivity index (χ1n) is 10.7. The second-order valence-electron chi connectivity index (χ2n) is 8.00. The van der Waals surface area contributed by atoms with Crippen molar-refractivity contribution in [1.82, 2.24) is 20.1 Å². The van der Waals surface area contributed by atoms with E-state index < -0.39 is 0 Å². The van der Waals surface area contributed by atoms with Gasteiger partial charge >= 0.3 is 6.03 Å². The normalized spacial score (nSPS) is 20.3. The number of carbonyl (C=O) groups excluding carboxylic acids is 1. The zero-order chi connectivity index (χ0) is 20.1. The molecular formula is C23H31N5O. The van der Waals surface area contributed by atoms with Crippen molar-refractivity contribution in [3.05, 3.63) is 59.9 Å². The Labute approximate surface area is 173 Å². The fourth-order valence-corrected chi connectivity index (χ4v) is 4.45. The van der Waals surface area contributed by atoms with E-state index in [4.69, 9.17) is 0 Å². The molecule has 1 atom stereocenters. The largest absolute Gasteiger partial charge is 0.336 e. The maximum absolute atomic E-state index is 11.8. The summed E-state index contributed by atoms with van der Waals surface area (Å²) in [6.45, 7) is 9.01. The third-order valence-corrected chi connectivity index (χ3v) is 6.05. The highest BCUT2D eigenvalue weighted by atomic mass is 16.2. The van der Waals surface area contributed by atoms with Gasteiger partial charge in [-0.25, -0.2) is 4.79 Å². The van der Waals surface area contributed by atoms with Gasteiger partial charge in [0.05, 0.1) is 0 Å². The minimum absolute atomic E-state index is 0.00507. The maximum atomic E-state index is 11.8. The topological polar surface area (TPSA) is 51.7 Å². The molecule has 6 nitrogen and oxygen atoms in total. The van der Waals surface area contributed by atoms with Gasteiger partial charge in [0.2, 0.25) is 0 Å². The lowest BCUT2D eigenvalue weighted by Gasteiger charge is -2.39. The van der Waals surface area contributed by atoms with Crippen LogP contribution >= 0.6 is 0 Å². The lowest BCUT2D eigenvalue weighted by Crippen LogP contribution is -2.47. The number of carbonyl (C=O) groups is 1. The second kappa shape index (κ2) is 9.37. The summed E-state index contributed by atoms with van der Waals surface area (Å²) in [5.41, 5.74) is 3.63. The van der Waals surface area contributed by atoms with Crippen LogP contribution in [0.5, 0.6) is 0 Å². The SMILES string of the molecule is CCN(Cc1ccncc1)C1CCCN(Cc2ccc(N3CCNC3=O)cc2)C1. The number of hydrogen-bond acceptors (Lipinski definition) is 4. The highest BCUT2D eigenvalue weighted by Crippen LogP contribution is 2.22. The monoisotopic (exact) mass is 393 g/mol. The van der Waals surface area contributed by atoms with E-state index >= 15 is 0 Å². The van der Waals surface area contributed by atoms with E-state index in [1.165, 1.54) is 24.0 Å². The zero-order valence-electron chi connectivity index (χ0n) is 17.3. The van der Waals surface area contributed by atoms with Gasteiger partial charge in [-0.15, -0.1) is 0 Å². The lowest BCUT2D eigenvalue weighted by molar-refractivity contribution is 0.0917. The molecule has 2 aromatic rings. The van der Waals surface area contributed by atoms with Crippen molar-refractivity contribution in [3.63, 3.8) is 0 Å². The molecular weight excluding hydrogens is 362 g/mol. The van der Waals surface area contributed by atoms with Crippen LogP contribution in [-0.4, -0.2) is 59.6 Å². The molecule has 1 N–H and O–H groups in total. The molecule has 1 unspecified atom stereocenters. The van der Waals surface area contributed by atoms with E-state index in [-0.39, 0.29) is 6.03 Å². The van der Waals surface area contributed by atoms with Crippen LogP contribution in [0.1, 0.15) is 30.9 Å². The number of likely N-dealkylation sites (N-methyl/N-ethyl adjacent to an activating group) is 1. The van der Waals surface area contributed by atoms with Crippen molar-refractivity contribution in [2.45, 2.75) is 38.9 Å². The number of benzene rings is 1. The van der Waals surface area contributed by atoms with Crippen LogP contribution in [0.4, 0.5) is 10.5 Å². The van der Waals surface area contributed by atoms with Crippen molar-refractivity contribution < 1.29 is 4.79 Å². The minimum Gasteiger partial charge on any atom is -0.336 e. The summed E-state index contributed by atoms with van der Waals surface area (Å²) < 4.78 is 0. The van der Waals surface area contributed by atoms with E-state index in [1.807, 2.05) is 12.4 Å². The number of rotatable bonds is 7. The van der Waals surface area contributed by atoms with Crippen molar-refractivity contribution in [2.75, 3.05) is 37.6 Å². The minimum atomic E-state index is 0.00507. The first kappa shape index (κ1) is 19.9. The van der Waals surface area contributed by atoms with Gasteiger partial charge in [-0.05, 0) is 61.3 Å². The highest BCUT2D eigenvalue weighted by Gasteiger charge is 2.25. The summed E-state index contributed by atoms with van der Waals surface area (Å²) >= 11 is 0. The van der Waals surface area contributed by atoms with Crippen LogP contribution in [0.3, 0.4) is 0 Å². The van der Waals surface area contributed by atoms with Crippen LogP contribution in [0, 0.1) is 0 Å². The first-order chi connectivity index (χ1) is 14.2. The molecule has 0 spiro atoms. The Morgan fingerprint density at radius 1 is 1.10 bits per heavy atom. The maximum Gasteiger partial charge on any atom is 0.321 e. The number of nitrogens with zero attached hydrogens (tertiary/aromatic N) is 4. The number of piperidine rings is 1. The van der Waals surface area contributed by atoms with Gasteiger partial charge in [0.25, 0.3) is 0 Å². The zero-order valence-corrected chi connectivity index (χ0v) is 17.3. The number of aromatic nitrogens is 1. The number of nitrogens with one attached hydrogen (secondary N) is 1. The van der Waals surface area contributed by atoms with Crippen LogP contribution < -0.4 is 10.2 Å². The fraction of sp³-hybridized carbons (Fsp3) is 0.478. The summed E-state index contributed by atoms with van der Waals surface area (Å²) in [5.74, 6) is 0. The van der Waals surface area contributed by atoms with Crippen molar-refractivity contribution in [3.8, 4) is 0 Å². The predicted molar refractivity (Wildman–Crippen MR) is 116 cm³/mol. The van der Waals surface area contributed by atoms with Crippen molar-refractivity contribution in [1.29, 1.82) is 0 Å². The average Bonchev–Trinajstić information content (AvgIpc) is 3.19. The van der Waals surface area contributed by atoms with E-state index in [0.717, 1.165) is 51.5 Å². The molecule has 0 aliphatic carbocycles. The third-order valence-electron chi connectivity index (χ3n) is 6.05. The van der Waals surface area contributed by atoms with Gasteiger partial charge in [-0.1, -0.05) is 19.1 Å². The van der Waals surface area contributed by atoms with Gasteiger partial charge in [0.1, 0.15) is 0 Å². The van der Waals surface area contributed by atoms with Crippen LogP contribution in [0.25, 0.3) is 0 Å². The van der Waals surface area contributed by atoms with E-state index in [2.05, 4.69) is 63.4 Å². The Hall–Kier alpha value is -2.44. The Kier molecular flexibility index (Phi) is 6.42. The molecule has 0 radical (unpaired) electrons. The predicted octanol–water partition coefficient (Wildman–Crippen LogP) is 3.10. The van der Waals surface area contributed by atoms with Crippen LogP contribution in [-0.2, 0) is 13.1 Å². The molecule has 2 aliphatic rings. The molecule has 29 heavy (non-hydrogen) atoms. The Bertz CT molecular complexity index is 795. The molecule has 2 saturated heterocycles. The molecule has 2 fully saturated rings. The Balaban J connectivity index is 1.35. The van der Waals surface area contributed by atoms with Gasteiger partial charge < -0.3 is 5.32 Å². The first-order valence-corrected chi connectivity index (χ1v) is 10.7. The summed E-state index contributed by atoms with van der Waals surface area (Å²) in [6.07, 6.45) is 6.26. The van der Waals surface area contributed by atoms with Gasteiger partial charge in [-0.2, -0.15) is 0 Å². The molecule has 2 amide bonds. The molecule has 4 rings (SSSR count). The molecule has 3 heterocycles. The van der Waals surface area contributed by atoms with E-state index in [1.54, 1.807) is 4.90 Å². The summed E-state index contributed by atoms with van der Waals surface area (Å²) in [7, 11) is 0. The van der Waals surface area contributed by atoms with Gasteiger partial charge in [0, 0.05) is 56.8 Å². The highest BCUT2D eigenvalue weighted by molar-refractivity contribution is 5.93. The molecule has 6 heteroatoms. The van der Waals surface area contributed by atoms with Crippen molar-refractivity contribution >= 4 is 11.7 Å². The number of hydrogen-bond donors (Lipinski definition) is 1. The van der Waals surface area contributed by atoms with E-state index in [0.29, 0.717) is 6.04 Å². The molecule has 0 bridgehead atoms. The quantitative estimate of drug-likeness (QED) is 0.785. The summed E-state index contributed by atoms with van der Waals surface area (Å²) in [5, 5.41) is 2.86. The number of likely N-dealkylation sites (tertiary alicyclic amines) is 1.